The molecule has 0 saturated heterocycles. The summed E-state index contributed by atoms with van der Waals surface area (Å²) in [7, 11) is -3.58. The molecule has 0 radical (unpaired) electrons. The summed E-state index contributed by atoms with van der Waals surface area (Å²) in [6.07, 6.45) is 5.30. The number of pyridine rings is 1. The first-order valence-electron chi connectivity index (χ1n) is 6.35. The first-order valence-corrected chi connectivity index (χ1v) is 8.22. The van der Waals surface area contributed by atoms with E-state index in [9.17, 15) is 8.42 Å². The fourth-order valence-corrected chi connectivity index (χ4v) is 3.45. The van der Waals surface area contributed by atoms with Crippen molar-refractivity contribution in [2.75, 3.05) is 5.73 Å². The number of aromatic nitrogens is 1. The highest BCUT2D eigenvalue weighted by Gasteiger charge is 2.27. The molecular formula is C12H18ClN3O2S. The fraction of sp³-hybridized carbons (Fsp3) is 0.583. The summed E-state index contributed by atoms with van der Waals surface area (Å²) in [4.78, 5) is 3.83. The molecular weight excluding hydrogens is 286 g/mol. The van der Waals surface area contributed by atoms with Gasteiger partial charge in [-0.25, -0.2) is 18.1 Å². The molecule has 5 nitrogen and oxygen atoms in total. The Morgan fingerprint density at radius 1 is 1.58 bits per heavy atom. The van der Waals surface area contributed by atoms with Crippen molar-refractivity contribution in [3.8, 4) is 0 Å². The number of nitrogens with one attached hydrogen (secondary N) is 1. The summed E-state index contributed by atoms with van der Waals surface area (Å²) in [5.74, 6) is 0.798. The minimum absolute atomic E-state index is 0.0335. The second-order valence-electron chi connectivity index (χ2n) is 4.94. The molecule has 1 saturated carbocycles. The Labute approximate surface area is 118 Å². The molecule has 1 fully saturated rings. The summed E-state index contributed by atoms with van der Waals surface area (Å²) in [6, 6.07) is 1.30. The van der Waals surface area contributed by atoms with Crippen LogP contribution in [-0.4, -0.2) is 19.4 Å². The van der Waals surface area contributed by atoms with Gasteiger partial charge in [-0.05, 0) is 24.8 Å². The lowest BCUT2D eigenvalue weighted by atomic mass is 10.1. The van der Waals surface area contributed by atoms with E-state index in [4.69, 9.17) is 17.3 Å². The normalized spacial score (nSPS) is 17.4. The highest BCUT2D eigenvalue weighted by Crippen LogP contribution is 2.34. The maximum atomic E-state index is 12.2. The van der Waals surface area contributed by atoms with Gasteiger partial charge >= 0.3 is 0 Å². The first kappa shape index (κ1) is 14.6. The van der Waals surface area contributed by atoms with Crippen LogP contribution in [0.3, 0.4) is 0 Å². The summed E-state index contributed by atoms with van der Waals surface area (Å²) >= 11 is 5.80. The van der Waals surface area contributed by atoms with E-state index in [0.29, 0.717) is 5.92 Å². The highest BCUT2D eigenvalue weighted by molar-refractivity contribution is 7.89. The number of sulfonamides is 1. The van der Waals surface area contributed by atoms with Crippen molar-refractivity contribution in [2.24, 2.45) is 5.92 Å². The van der Waals surface area contributed by atoms with Gasteiger partial charge in [0.15, 0.2) is 0 Å². The molecule has 1 atom stereocenters. The Bertz CT molecular complexity index is 558. The van der Waals surface area contributed by atoms with Crippen LogP contribution < -0.4 is 10.5 Å². The Morgan fingerprint density at radius 3 is 2.79 bits per heavy atom. The van der Waals surface area contributed by atoms with E-state index < -0.39 is 10.0 Å². The van der Waals surface area contributed by atoms with Crippen molar-refractivity contribution >= 4 is 27.4 Å². The zero-order valence-electron chi connectivity index (χ0n) is 10.8. The van der Waals surface area contributed by atoms with Crippen molar-refractivity contribution in [3.05, 3.63) is 17.3 Å². The van der Waals surface area contributed by atoms with Gasteiger partial charge in [-0.1, -0.05) is 31.4 Å². The van der Waals surface area contributed by atoms with Gasteiger partial charge in [0.2, 0.25) is 10.0 Å². The minimum atomic E-state index is -3.58. The predicted molar refractivity (Wildman–Crippen MR) is 75.4 cm³/mol. The number of nitrogens with zero attached hydrogens (tertiary/aromatic N) is 1. The number of nitrogen functional groups attached to an aromatic ring is 1. The zero-order valence-corrected chi connectivity index (χ0v) is 12.3. The SMILES string of the molecule is CCC(CC1CC1)NS(=O)(=O)c1cnc(N)c(Cl)c1. The lowest BCUT2D eigenvalue weighted by molar-refractivity contribution is 0.495. The van der Waals surface area contributed by atoms with Crippen LogP contribution in [0, 0.1) is 5.92 Å². The maximum absolute atomic E-state index is 12.2. The van der Waals surface area contributed by atoms with Crippen LogP contribution in [0.15, 0.2) is 17.2 Å². The Kier molecular flexibility index (Phi) is 4.32. The topological polar surface area (TPSA) is 85.1 Å². The molecule has 3 N–H and O–H groups in total. The van der Waals surface area contributed by atoms with Crippen LogP contribution in [0.2, 0.25) is 5.02 Å². The molecule has 1 aromatic rings. The number of hydrogen-bond donors (Lipinski definition) is 2. The maximum Gasteiger partial charge on any atom is 0.242 e. The van der Waals surface area contributed by atoms with E-state index in [0.717, 1.165) is 12.8 Å². The summed E-state index contributed by atoms with van der Waals surface area (Å²) in [5.41, 5.74) is 5.48. The van der Waals surface area contributed by atoms with Crippen molar-refractivity contribution in [1.82, 2.24) is 9.71 Å². The Hall–Kier alpha value is -0.850. The van der Waals surface area contributed by atoms with Crippen molar-refractivity contribution in [1.29, 1.82) is 0 Å². The third kappa shape index (κ3) is 3.81. The van der Waals surface area contributed by atoms with Crippen LogP contribution >= 0.6 is 11.6 Å². The van der Waals surface area contributed by atoms with E-state index >= 15 is 0 Å². The molecule has 1 aliphatic rings. The second-order valence-corrected chi connectivity index (χ2v) is 7.06. The molecule has 0 spiro atoms. The lowest BCUT2D eigenvalue weighted by Crippen LogP contribution is -2.34. The number of nitrogens with two attached hydrogens (primary N) is 1. The molecule has 1 aromatic heterocycles. The number of rotatable bonds is 6. The molecule has 0 aliphatic heterocycles. The smallest absolute Gasteiger partial charge is 0.242 e. The number of hydrogen-bond acceptors (Lipinski definition) is 4. The quantitative estimate of drug-likeness (QED) is 0.843. The molecule has 0 amide bonds. The van der Waals surface area contributed by atoms with Crippen molar-refractivity contribution in [2.45, 2.75) is 43.5 Å². The van der Waals surface area contributed by atoms with E-state index in [2.05, 4.69) is 9.71 Å². The molecule has 2 rings (SSSR count). The Balaban J connectivity index is 2.13. The van der Waals surface area contributed by atoms with Gasteiger partial charge in [-0.15, -0.1) is 0 Å². The van der Waals surface area contributed by atoms with Crippen LogP contribution in [0.4, 0.5) is 5.82 Å². The highest BCUT2D eigenvalue weighted by atomic mass is 35.5. The molecule has 0 aromatic carbocycles. The van der Waals surface area contributed by atoms with Gasteiger partial charge in [-0.3, -0.25) is 0 Å². The van der Waals surface area contributed by atoms with Gasteiger partial charge in [0, 0.05) is 12.2 Å². The van der Waals surface area contributed by atoms with Crippen LogP contribution in [-0.2, 0) is 10.0 Å². The van der Waals surface area contributed by atoms with E-state index in [-0.39, 0.29) is 21.8 Å². The molecule has 1 heterocycles. The molecule has 19 heavy (non-hydrogen) atoms. The molecule has 7 heteroatoms. The number of halogens is 1. The van der Waals surface area contributed by atoms with Gasteiger partial charge in [-0.2, -0.15) is 0 Å². The molecule has 0 bridgehead atoms. The van der Waals surface area contributed by atoms with Gasteiger partial charge in [0.1, 0.15) is 10.7 Å². The zero-order chi connectivity index (χ0) is 14.0. The summed E-state index contributed by atoms with van der Waals surface area (Å²) in [5, 5.41) is 0.151. The predicted octanol–water partition coefficient (Wildman–Crippen LogP) is 2.17. The standard InChI is InChI=1S/C12H18ClN3O2S/c1-2-9(5-8-3-4-8)16-19(17,18)10-6-11(13)12(14)15-7-10/h6-9,16H,2-5H2,1H3,(H2,14,15). The van der Waals surface area contributed by atoms with Gasteiger partial charge in [0.25, 0.3) is 0 Å². The minimum Gasteiger partial charge on any atom is -0.382 e. The number of anilines is 1. The first-order chi connectivity index (χ1) is 8.92. The molecule has 1 aliphatic carbocycles. The van der Waals surface area contributed by atoms with Gasteiger partial charge in [0.05, 0.1) is 5.02 Å². The van der Waals surface area contributed by atoms with E-state index in [1.807, 2.05) is 6.92 Å². The third-order valence-electron chi connectivity index (χ3n) is 3.28. The monoisotopic (exact) mass is 303 g/mol. The van der Waals surface area contributed by atoms with Crippen LogP contribution in [0.5, 0.6) is 0 Å². The third-order valence-corrected chi connectivity index (χ3v) is 5.07. The molecule has 1 unspecified atom stereocenters. The van der Waals surface area contributed by atoms with Gasteiger partial charge < -0.3 is 5.73 Å². The van der Waals surface area contributed by atoms with E-state index in [1.165, 1.54) is 25.1 Å². The Morgan fingerprint density at radius 2 is 2.26 bits per heavy atom. The molecule has 106 valence electrons. The average molecular weight is 304 g/mol. The largest absolute Gasteiger partial charge is 0.382 e. The second kappa shape index (κ2) is 5.64. The summed E-state index contributed by atoms with van der Waals surface area (Å²) < 4.78 is 27.1. The van der Waals surface area contributed by atoms with Crippen molar-refractivity contribution < 1.29 is 8.42 Å². The van der Waals surface area contributed by atoms with Crippen LogP contribution in [0.1, 0.15) is 32.6 Å². The lowest BCUT2D eigenvalue weighted by Gasteiger charge is -2.16. The van der Waals surface area contributed by atoms with Crippen LogP contribution in [0.25, 0.3) is 0 Å². The van der Waals surface area contributed by atoms with Crippen molar-refractivity contribution in [3.63, 3.8) is 0 Å². The summed E-state index contributed by atoms with van der Waals surface area (Å²) in [6.45, 7) is 1.98. The fourth-order valence-electron chi connectivity index (χ4n) is 1.92. The van der Waals surface area contributed by atoms with E-state index in [1.54, 1.807) is 0 Å². The average Bonchev–Trinajstić information content (AvgIpc) is 3.15.